The van der Waals surface area contributed by atoms with E-state index >= 15 is 0 Å². The number of nitrogens with zero attached hydrogens (tertiary/aromatic N) is 4. The van der Waals surface area contributed by atoms with E-state index < -0.39 is 0 Å². The number of imidazole rings is 1. The van der Waals surface area contributed by atoms with Gasteiger partial charge in [-0.1, -0.05) is 0 Å². The van der Waals surface area contributed by atoms with Crippen LogP contribution >= 0.6 is 0 Å². The summed E-state index contributed by atoms with van der Waals surface area (Å²) in [4.78, 5) is 11.0. The molecule has 98 valence electrons. The predicted octanol–water partition coefficient (Wildman–Crippen LogP) is 1.66. The lowest BCUT2D eigenvalue weighted by molar-refractivity contribution is 0.172. The number of likely N-dealkylation sites (N-methyl/N-ethyl adjacent to an activating group) is 1. The SMILES string of the molecule is Cc1ccnc2c1nc(N)n2CC(C)(C)N(C)C. The minimum Gasteiger partial charge on any atom is -0.369 e. The van der Waals surface area contributed by atoms with Crippen LogP contribution in [0, 0.1) is 6.92 Å². The Hall–Kier alpha value is -1.62. The van der Waals surface area contributed by atoms with Crippen LogP contribution in [0.15, 0.2) is 12.3 Å². The molecule has 0 unspecified atom stereocenters. The Bertz CT molecular complexity index is 568. The van der Waals surface area contributed by atoms with Gasteiger partial charge in [0, 0.05) is 18.3 Å². The van der Waals surface area contributed by atoms with Crippen molar-refractivity contribution in [2.75, 3.05) is 19.8 Å². The van der Waals surface area contributed by atoms with Gasteiger partial charge in [-0.05, 0) is 46.5 Å². The standard InChI is InChI=1S/C13H21N5/c1-9-6-7-15-11-10(9)16-12(14)18(11)8-13(2,3)17(4)5/h6-7H,8H2,1-5H3,(H2,14,16). The Morgan fingerprint density at radius 3 is 2.67 bits per heavy atom. The first-order valence-corrected chi connectivity index (χ1v) is 6.07. The van der Waals surface area contributed by atoms with Crippen LogP contribution in [-0.4, -0.2) is 39.1 Å². The summed E-state index contributed by atoms with van der Waals surface area (Å²) in [5.74, 6) is 0.529. The molecule has 0 amide bonds. The van der Waals surface area contributed by atoms with Crippen molar-refractivity contribution in [2.24, 2.45) is 0 Å². The molecule has 2 aromatic heterocycles. The maximum atomic E-state index is 6.02. The molecule has 0 aliphatic heterocycles. The van der Waals surface area contributed by atoms with Gasteiger partial charge in [-0.2, -0.15) is 0 Å². The quantitative estimate of drug-likeness (QED) is 0.896. The average Bonchev–Trinajstić information content (AvgIpc) is 2.57. The van der Waals surface area contributed by atoms with Crippen molar-refractivity contribution in [2.45, 2.75) is 32.9 Å². The summed E-state index contributed by atoms with van der Waals surface area (Å²) in [5.41, 5.74) is 8.88. The molecule has 18 heavy (non-hydrogen) atoms. The molecule has 0 atom stereocenters. The topological polar surface area (TPSA) is 60.0 Å². The highest BCUT2D eigenvalue weighted by Crippen LogP contribution is 2.22. The van der Waals surface area contributed by atoms with Gasteiger partial charge in [0.15, 0.2) is 5.65 Å². The molecule has 2 N–H and O–H groups in total. The minimum atomic E-state index is -0.00677. The Morgan fingerprint density at radius 1 is 1.39 bits per heavy atom. The maximum absolute atomic E-state index is 6.02. The molecule has 0 bridgehead atoms. The fourth-order valence-electron chi connectivity index (χ4n) is 1.84. The molecular formula is C13H21N5. The van der Waals surface area contributed by atoms with E-state index in [4.69, 9.17) is 5.73 Å². The van der Waals surface area contributed by atoms with Crippen molar-refractivity contribution < 1.29 is 0 Å². The summed E-state index contributed by atoms with van der Waals surface area (Å²) < 4.78 is 1.99. The van der Waals surface area contributed by atoms with Gasteiger partial charge >= 0.3 is 0 Å². The summed E-state index contributed by atoms with van der Waals surface area (Å²) in [5, 5.41) is 0. The molecular weight excluding hydrogens is 226 g/mol. The van der Waals surface area contributed by atoms with Crippen LogP contribution in [0.1, 0.15) is 19.4 Å². The molecule has 0 fully saturated rings. The van der Waals surface area contributed by atoms with Crippen molar-refractivity contribution in [3.63, 3.8) is 0 Å². The van der Waals surface area contributed by atoms with Gasteiger partial charge in [0.05, 0.1) is 0 Å². The van der Waals surface area contributed by atoms with Gasteiger partial charge in [0.2, 0.25) is 5.95 Å². The average molecular weight is 247 g/mol. The van der Waals surface area contributed by atoms with Gasteiger partial charge < -0.3 is 10.6 Å². The summed E-state index contributed by atoms with van der Waals surface area (Å²) in [6.45, 7) is 7.14. The zero-order valence-electron chi connectivity index (χ0n) is 11.7. The lowest BCUT2D eigenvalue weighted by Gasteiger charge is -2.33. The van der Waals surface area contributed by atoms with E-state index in [-0.39, 0.29) is 5.54 Å². The predicted molar refractivity (Wildman–Crippen MR) is 74.4 cm³/mol. The number of pyridine rings is 1. The number of nitrogen functional groups attached to an aromatic ring is 1. The first-order valence-electron chi connectivity index (χ1n) is 6.07. The molecule has 0 radical (unpaired) electrons. The minimum absolute atomic E-state index is 0.00677. The number of aryl methyl sites for hydroxylation is 1. The molecule has 0 aromatic carbocycles. The number of anilines is 1. The molecule has 5 nitrogen and oxygen atoms in total. The number of hydrogen-bond donors (Lipinski definition) is 1. The highest BCUT2D eigenvalue weighted by atomic mass is 15.2. The summed E-state index contributed by atoms with van der Waals surface area (Å²) in [7, 11) is 4.13. The fourth-order valence-corrected chi connectivity index (χ4v) is 1.84. The van der Waals surface area contributed by atoms with Crippen molar-refractivity contribution in [1.82, 2.24) is 19.4 Å². The summed E-state index contributed by atoms with van der Waals surface area (Å²) in [6, 6.07) is 1.95. The summed E-state index contributed by atoms with van der Waals surface area (Å²) in [6.07, 6.45) is 1.80. The second kappa shape index (κ2) is 4.24. The number of rotatable bonds is 3. The lowest BCUT2D eigenvalue weighted by Crippen LogP contribution is -2.42. The van der Waals surface area contributed by atoms with Gasteiger partial charge in [-0.3, -0.25) is 4.57 Å². The van der Waals surface area contributed by atoms with Crippen molar-refractivity contribution in [1.29, 1.82) is 0 Å². The first kappa shape index (κ1) is 12.8. The second-order valence-electron chi connectivity index (χ2n) is 5.56. The van der Waals surface area contributed by atoms with E-state index in [1.807, 2.05) is 17.6 Å². The van der Waals surface area contributed by atoms with Gasteiger partial charge in [-0.15, -0.1) is 0 Å². The van der Waals surface area contributed by atoms with Crippen LogP contribution in [0.25, 0.3) is 11.2 Å². The first-order chi connectivity index (χ1) is 8.33. The van der Waals surface area contributed by atoms with Crippen molar-refractivity contribution >= 4 is 17.1 Å². The van der Waals surface area contributed by atoms with Gasteiger partial charge in [0.25, 0.3) is 0 Å². The third-order valence-corrected chi connectivity index (χ3v) is 3.62. The fraction of sp³-hybridized carbons (Fsp3) is 0.538. The third kappa shape index (κ3) is 2.06. The molecule has 2 aromatic rings. The molecule has 0 aliphatic carbocycles. The summed E-state index contributed by atoms with van der Waals surface area (Å²) >= 11 is 0. The Kier molecular flexibility index (Phi) is 3.02. The molecule has 5 heteroatoms. The second-order valence-corrected chi connectivity index (χ2v) is 5.56. The molecule has 0 saturated carbocycles. The van der Waals surface area contributed by atoms with E-state index in [9.17, 15) is 0 Å². The number of nitrogens with two attached hydrogens (primary N) is 1. The molecule has 2 rings (SSSR count). The van der Waals surface area contributed by atoms with Gasteiger partial charge in [0.1, 0.15) is 5.52 Å². The Labute approximate surface area is 108 Å². The monoisotopic (exact) mass is 247 g/mol. The van der Waals surface area contributed by atoms with Crippen LogP contribution in [0.2, 0.25) is 0 Å². The zero-order valence-corrected chi connectivity index (χ0v) is 11.7. The zero-order chi connectivity index (χ0) is 13.5. The normalized spacial score (nSPS) is 12.6. The van der Waals surface area contributed by atoms with Crippen LogP contribution in [-0.2, 0) is 6.54 Å². The van der Waals surface area contributed by atoms with Crippen molar-refractivity contribution in [3.05, 3.63) is 17.8 Å². The van der Waals surface area contributed by atoms with E-state index in [1.165, 1.54) is 0 Å². The largest absolute Gasteiger partial charge is 0.369 e. The smallest absolute Gasteiger partial charge is 0.202 e. The highest BCUT2D eigenvalue weighted by Gasteiger charge is 2.24. The van der Waals surface area contributed by atoms with E-state index in [0.29, 0.717) is 5.95 Å². The Morgan fingerprint density at radius 2 is 2.06 bits per heavy atom. The van der Waals surface area contributed by atoms with Crippen molar-refractivity contribution in [3.8, 4) is 0 Å². The van der Waals surface area contributed by atoms with Gasteiger partial charge in [-0.25, -0.2) is 9.97 Å². The molecule has 2 heterocycles. The lowest BCUT2D eigenvalue weighted by atomic mass is 10.0. The van der Waals surface area contributed by atoms with Crippen LogP contribution < -0.4 is 5.73 Å². The Balaban J connectivity index is 2.52. The maximum Gasteiger partial charge on any atom is 0.202 e. The number of hydrogen-bond acceptors (Lipinski definition) is 4. The van der Waals surface area contributed by atoms with E-state index in [0.717, 1.165) is 23.3 Å². The molecule has 0 spiro atoms. The van der Waals surface area contributed by atoms with Crippen LogP contribution in [0.4, 0.5) is 5.95 Å². The third-order valence-electron chi connectivity index (χ3n) is 3.62. The number of aromatic nitrogens is 3. The van der Waals surface area contributed by atoms with E-state index in [2.05, 4.69) is 42.8 Å². The molecule has 0 aliphatic rings. The van der Waals surface area contributed by atoms with Crippen LogP contribution in [0.3, 0.4) is 0 Å². The number of fused-ring (bicyclic) bond motifs is 1. The van der Waals surface area contributed by atoms with E-state index in [1.54, 1.807) is 6.20 Å². The highest BCUT2D eigenvalue weighted by molar-refractivity contribution is 5.77. The molecule has 0 saturated heterocycles. The van der Waals surface area contributed by atoms with Crippen LogP contribution in [0.5, 0.6) is 0 Å².